The molecule has 27 heavy (non-hydrogen) atoms. The molecule has 0 spiro atoms. The molecule has 0 aromatic heterocycles. The van der Waals surface area contributed by atoms with Crippen LogP contribution >= 0.6 is 27.7 Å². The fourth-order valence-electron chi connectivity index (χ4n) is 2.58. The topological polar surface area (TPSA) is 46.6 Å². The molecule has 0 bridgehead atoms. The molecule has 2 aromatic carbocycles. The predicted molar refractivity (Wildman–Crippen MR) is 108 cm³/mol. The Labute approximate surface area is 169 Å². The van der Waals surface area contributed by atoms with E-state index < -0.39 is 0 Å². The Morgan fingerprint density at radius 2 is 2.04 bits per heavy atom. The highest BCUT2D eigenvalue weighted by Crippen LogP contribution is 2.34. The Morgan fingerprint density at radius 1 is 1.22 bits per heavy atom. The van der Waals surface area contributed by atoms with Crippen LogP contribution in [-0.2, 0) is 11.4 Å². The first-order valence-electron chi connectivity index (χ1n) is 8.40. The molecule has 140 valence electrons. The first-order valence-corrected chi connectivity index (χ1v) is 10.0. The van der Waals surface area contributed by atoms with E-state index in [9.17, 15) is 14.0 Å². The summed E-state index contributed by atoms with van der Waals surface area (Å²) < 4.78 is 19.7. The van der Waals surface area contributed by atoms with E-state index in [1.807, 2.05) is 13.0 Å². The van der Waals surface area contributed by atoms with E-state index in [1.165, 1.54) is 17.0 Å². The quantitative estimate of drug-likeness (QED) is 0.537. The third-order valence-electron chi connectivity index (χ3n) is 3.86. The predicted octanol–water partition coefficient (Wildman–Crippen LogP) is 5.61. The highest BCUT2D eigenvalue weighted by molar-refractivity contribution is 9.10. The molecule has 0 N–H and O–H groups in total. The summed E-state index contributed by atoms with van der Waals surface area (Å²) in [6, 6.07) is 11.6. The number of hydrogen-bond acceptors (Lipinski definition) is 4. The van der Waals surface area contributed by atoms with Crippen LogP contribution in [0.4, 0.5) is 9.18 Å². The highest BCUT2D eigenvalue weighted by Gasteiger charge is 2.34. The van der Waals surface area contributed by atoms with Gasteiger partial charge in [0.2, 0.25) is 0 Å². The lowest BCUT2D eigenvalue weighted by Gasteiger charge is -2.10. The monoisotopic (exact) mass is 449 g/mol. The number of halogens is 2. The molecule has 0 saturated carbocycles. The number of nitrogens with zero attached hydrogens (tertiary/aromatic N) is 1. The molecule has 0 unspecified atom stereocenters. The van der Waals surface area contributed by atoms with Gasteiger partial charge in [-0.3, -0.25) is 14.5 Å². The van der Waals surface area contributed by atoms with Crippen molar-refractivity contribution in [1.29, 1.82) is 0 Å². The van der Waals surface area contributed by atoms with Crippen LogP contribution in [0.15, 0.2) is 51.8 Å². The molecular formula is C20H17BrFNO3S. The van der Waals surface area contributed by atoms with E-state index in [2.05, 4.69) is 15.9 Å². The van der Waals surface area contributed by atoms with Gasteiger partial charge in [-0.1, -0.05) is 25.1 Å². The summed E-state index contributed by atoms with van der Waals surface area (Å²) >= 11 is 4.40. The lowest BCUT2D eigenvalue weighted by molar-refractivity contribution is -0.122. The van der Waals surface area contributed by atoms with Crippen molar-refractivity contribution in [2.24, 2.45) is 0 Å². The van der Waals surface area contributed by atoms with Gasteiger partial charge in [-0.2, -0.15) is 0 Å². The number of rotatable bonds is 6. The average Bonchev–Trinajstić information content (AvgIpc) is 2.89. The fraction of sp³-hybridized carbons (Fsp3) is 0.200. The summed E-state index contributed by atoms with van der Waals surface area (Å²) in [5, 5.41) is -0.234. The van der Waals surface area contributed by atoms with E-state index >= 15 is 0 Å². The van der Waals surface area contributed by atoms with Crippen LogP contribution in [0.25, 0.3) is 6.08 Å². The van der Waals surface area contributed by atoms with Crippen molar-refractivity contribution in [2.45, 2.75) is 20.0 Å². The van der Waals surface area contributed by atoms with Gasteiger partial charge in [0.05, 0.1) is 9.38 Å². The molecule has 1 heterocycles. The standard InChI is InChI=1S/C20H17BrFNO3S/c1-2-8-23-19(24)18(27-20(23)25)11-13-6-7-17(16(21)10-13)26-12-14-4-3-5-15(22)9-14/h3-7,9-11H,2,8,12H2,1H3/b18-11+. The maximum atomic E-state index is 13.2. The van der Waals surface area contributed by atoms with Crippen molar-refractivity contribution < 1.29 is 18.7 Å². The zero-order chi connectivity index (χ0) is 19.4. The molecule has 1 fully saturated rings. The number of carbonyl (C=O) groups is 2. The van der Waals surface area contributed by atoms with Gasteiger partial charge in [0.15, 0.2) is 0 Å². The van der Waals surface area contributed by atoms with Crippen molar-refractivity contribution in [3.63, 3.8) is 0 Å². The van der Waals surface area contributed by atoms with Gasteiger partial charge in [-0.05, 0) is 75.6 Å². The van der Waals surface area contributed by atoms with Gasteiger partial charge in [0, 0.05) is 6.54 Å². The van der Waals surface area contributed by atoms with Crippen molar-refractivity contribution in [2.75, 3.05) is 6.54 Å². The SMILES string of the molecule is CCCN1C(=O)S/C(=C/c2ccc(OCc3cccc(F)c3)c(Br)c2)C1=O. The fourth-order valence-corrected chi connectivity index (χ4v) is 3.96. The van der Waals surface area contributed by atoms with Crippen LogP contribution in [0, 0.1) is 5.82 Å². The lowest BCUT2D eigenvalue weighted by atomic mass is 10.2. The largest absolute Gasteiger partial charge is 0.488 e. The van der Waals surface area contributed by atoms with Crippen molar-refractivity contribution in [3.05, 3.63) is 68.8 Å². The number of carbonyl (C=O) groups excluding carboxylic acids is 2. The third-order valence-corrected chi connectivity index (χ3v) is 5.38. The van der Waals surface area contributed by atoms with Crippen LogP contribution < -0.4 is 4.74 Å². The van der Waals surface area contributed by atoms with E-state index in [1.54, 1.807) is 30.3 Å². The number of hydrogen-bond donors (Lipinski definition) is 0. The molecule has 0 aliphatic carbocycles. The average molecular weight is 450 g/mol. The van der Waals surface area contributed by atoms with Crippen molar-refractivity contribution in [1.82, 2.24) is 4.90 Å². The van der Waals surface area contributed by atoms with Crippen LogP contribution in [-0.4, -0.2) is 22.6 Å². The highest BCUT2D eigenvalue weighted by atomic mass is 79.9. The molecule has 7 heteroatoms. The number of imide groups is 1. The van der Waals surface area contributed by atoms with Gasteiger partial charge >= 0.3 is 0 Å². The van der Waals surface area contributed by atoms with Gasteiger partial charge in [0.1, 0.15) is 18.2 Å². The van der Waals surface area contributed by atoms with E-state index in [4.69, 9.17) is 4.74 Å². The normalized spacial score (nSPS) is 15.7. The maximum Gasteiger partial charge on any atom is 0.293 e. The van der Waals surface area contributed by atoms with E-state index in [0.717, 1.165) is 29.3 Å². The Bertz CT molecular complexity index is 916. The minimum absolute atomic E-state index is 0.234. The van der Waals surface area contributed by atoms with Gasteiger partial charge in [-0.25, -0.2) is 4.39 Å². The number of amides is 2. The summed E-state index contributed by atoms with van der Waals surface area (Å²) in [6.45, 7) is 2.59. The second-order valence-corrected chi connectivity index (χ2v) is 7.79. The summed E-state index contributed by atoms with van der Waals surface area (Å²) in [5.41, 5.74) is 1.51. The van der Waals surface area contributed by atoms with Crippen LogP contribution in [0.5, 0.6) is 5.75 Å². The van der Waals surface area contributed by atoms with Crippen LogP contribution in [0.1, 0.15) is 24.5 Å². The molecule has 0 radical (unpaired) electrons. The molecule has 4 nitrogen and oxygen atoms in total. The molecule has 1 saturated heterocycles. The Morgan fingerprint density at radius 3 is 2.74 bits per heavy atom. The Kier molecular flexibility index (Phi) is 6.34. The summed E-state index contributed by atoms with van der Waals surface area (Å²) in [5.74, 6) is 0.0486. The third kappa shape index (κ3) is 4.78. The van der Waals surface area contributed by atoms with E-state index in [-0.39, 0.29) is 23.6 Å². The van der Waals surface area contributed by atoms with Gasteiger partial charge < -0.3 is 4.74 Å². The second-order valence-electron chi connectivity index (χ2n) is 5.94. The smallest absolute Gasteiger partial charge is 0.293 e. The molecule has 1 aliphatic rings. The van der Waals surface area contributed by atoms with Crippen LogP contribution in [0.2, 0.25) is 0 Å². The first kappa shape index (κ1) is 19.6. The summed E-state index contributed by atoms with van der Waals surface area (Å²) in [6.07, 6.45) is 2.43. The minimum atomic E-state index is -0.303. The molecule has 1 aliphatic heterocycles. The number of benzene rings is 2. The molecule has 2 aromatic rings. The first-order chi connectivity index (χ1) is 13.0. The van der Waals surface area contributed by atoms with Gasteiger partial charge in [0.25, 0.3) is 11.1 Å². The zero-order valence-electron chi connectivity index (χ0n) is 14.6. The minimum Gasteiger partial charge on any atom is -0.488 e. The van der Waals surface area contributed by atoms with Crippen LogP contribution in [0.3, 0.4) is 0 Å². The Balaban J connectivity index is 1.71. The maximum absolute atomic E-state index is 13.2. The summed E-state index contributed by atoms with van der Waals surface area (Å²) in [7, 11) is 0. The molecule has 2 amide bonds. The number of thioether (sulfide) groups is 1. The van der Waals surface area contributed by atoms with E-state index in [0.29, 0.717) is 21.7 Å². The second kappa shape index (κ2) is 8.71. The van der Waals surface area contributed by atoms with Crippen molar-refractivity contribution >= 4 is 44.9 Å². The van der Waals surface area contributed by atoms with Gasteiger partial charge in [-0.15, -0.1) is 0 Å². The molecular weight excluding hydrogens is 433 g/mol. The lowest BCUT2D eigenvalue weighted by Crippen LogP contribution is -2.28. The number of ether oxygens (including phenoxy) is 1. The Hall–Kier alpha value is -2.12. The molecule has 3 rings (SSSR count). The van der Waals surface area contributed by atoms with Crippen molar-refractivity contribution in [3.8, 4) is 5.75 Å². The molecule has 0 atom stereocenters. The summed E-state index contributed by atoms with van der Waals surface area (Å²) in [4.78, 5) is 25.9. The zero-order valence-corrected chi connectivity index (χ0v) is 17.0.